The Labute approximate surface area is 165 Å². The monoisotopic (exact) mass is 401 g/mol. The van der Waals surface area contributed by atoms with Crippen molar-refractivity contribution in [3.63, 3.8) is 0 Å². The van der Waals surface area contributed by atoms with Gasteiger partial charge in [-0.25, -0.2) is 4.98 Å². The van der Waals surface area contributed by atoms with Crippen molar-refractivity contribution in [1.29, 1.82) is 0 Å². The van der Waals surface area contributed by atoms with Crippen LogP contribution in [0.15, 0.2) is 48.5 Å². The molecule has 0 spiro atoms. The van der Waals surface area contributed by atoms with Crippen molar-refractivity contribution in [3.8, 4) is 11.3 Å². The number of halogens is 1. The van der Waals surface area contributed by atoms with Crippen LogP contribution in [0.25, 0.3) is 11.3 Å². The number of hydrogen-bond donors (Lipinski definition) is 1. The molecule has 1 amide bonds. The number of amides is 1. The molecule has 0 aliphatic rings. The fourth-order valence-corrected chi connectivity index (χ4v) is 3.79. The number of aromatic nitrogens is 1. The summed E-state index contributed by atoms with van der Waals surface area (Å²) >= 11 is 7.44. The minimum Gasteiger partial charge on any atom is -0.298 e. The zero-order chi connectivity index (χ0) is 19.6. The maximum Gasteiger partial charge on any atom is 0.270 e. The van der Waals surface area contributed by atoms with Gasteiger partial charge in [-0.1, -0.05) is 55.8 Å². The molecule has 0 unspecified atom stereocenters. The molecule has 1 aromatic heterocycles. The molecule has 0 aliphatic heterocycles. The molecule has 3 rings (SSSR count). The Morgan fingerprint density at radius 3 is 2.52 bits per heavy atom. The lowest BCUT2D eigenvalue weighted by Gasteiger charge is -2.04. The largest absolute Gasteiger partial charge is 0.298 e. The summed E-state index contributed by atoms with van der Waals surface area (Å²) in [6.07, 6.45) is 0. The fourth-order valence-electron chi connectivity index (χ4n) is 2.55. The summed E-state index contributed by atoms with van der Waals surface area (Å²) < 4.78 is 0. The van der Waals surface area contributed by atoms with Crippen LogP contribution >= 0.6 is 22.9 Å². The minimum atomic E-state index is -0.560. The Morgan fingerprint density at radius 1 is 1.22 bits per heavy atom. The predicted molar refractivity (Wildman–Crippen MR) is 108 cm³/mol. The Kier molecular flexibility index (Phi) is 5.53. The van der Waals surface area contributed by atoms with Crippen LogP contribution in [0.5, 0.6) is 0 Å². The highest BCUT2D eigenvalue weighted by molar-refractivity contribution is 7.16. The third-order valence-corrected chi connectivity index (χ3v) is 5.44. The van der Waals surface area contributed by atoms with Crippen molar-refractivity contribution < 1.29 is 9.72 Å². The average molecular weight is 402 g/mol. The molecule has 0 saturated heterocycles. The number of nitro benzene ring substituents is 1. The molecule has 0 fully saturated rings. The first kappa shape index (κ1) is 19.0. The van der Waals surface area contributed by atoms with Gasteiger partial charge in [0.25, 0.3) is 11.6 Å². The Balaban J connectivity index is 1.90. The van der Waals surface area contributed by atoms with Gasteiger partial charge in [0.05, 0.1) is 21.2 Å². The number of thiazole rings is 1. The predicted octanol–water partition coefficient (Wildman–Crippen LogP) is 5.75. The van der Waals surface area contributed by atoms with Crippen molar-refractivity contribution >= 4 is 39.7 Å². The van der Waals surface area contributed by atoms with Crippen molar-refractivity contribution in [1.82, 2.24) is 4.98 Å². The van der Waals surface area contributed by atoms with Gasteiger partial charge >= 0.3 is 0 Å². The fraction of sp³-hybridized carbons (Fsp3) is 0.158. The highest BCUT2D eigenvalue weighted by Crippen LogP contribution is 2.36. The topological polar surface area (TPSA) is 85.1 Å². The van der Waals surface area contributed by atoms with Gasteiger partial charge in [-0.3, -0.25) is 20.2 Å². The van der Waals surface area contributed by atoms with Crippen LogP contribution in [0.3, 0.4) is 0 Å². The van der Waals surface area contributed by atoms with E-state index in [1.807, 2.05) is 30.3 Å². The average Bonchev–Trinajstić information content (AvgIpc) is 3.06. The molecule has 1 heterocycles. The van der Waals surface area contributed by atoms with Crippen LogP contribution in [0.4, 0.5) is 10.8 Å². The third-order valence-electron chi connectivity index (χ3n) is 3.85. The van der Waals surface area contributed by atoms with Crippen molar-refractivity contribution in [2.45, 2.75) is 19.8 Å². The SMILES string of the molecule is CC(C)c1sc(NC(=O)c2ccc([N+](=O)[O-])cc2Cl)nc1-c1ccccc1. The van der Waals surface area contributed by atoms with Gasteiger partial charge in [-0.05, 0) is 12.0 Å². The number of nitrogens with zero attached hydrogens (tertiary/aromatic N) is 2. The summed E-state index contributed by atoms with van der Waals surface area (Å²) in [5.74, 6) is -0.218. The van der Waals surface area contributed by atoms with E-state index < -0.39 is 10.8 Å². The van der Waals surface area contributed by atoms with E-state index in [0.29, 0.717) is 5.13 Å². The summed E-state index contributed by atoms with van der Waals surface area (Å²) in [5, 5.41) is 14.0. The normalized spacial score (nSPS) is 10.8. The molecular formula is C19H16ClN3O3S. The summed E-state index contributed by atoms with van der Waals surface area (Å²) in [4.78, 5) is 28.4. The number of non-ortho nitro benzene ring substituents is 1. The lowest BCUT2D eigenvalue weighted by atomic mass is 10.1. The molecule has 138 valence electrons. The van der Waals surface area contributed by atoms with E-state index in [1.165, 1.54) is 23.5 Å². The molecule has 3 aromatic rings. The van der Waals surface area contributed by atoms with Crippen LogP contribution in [-0.2, 0) is 0 Å². The van der Waals surface area contributed by atoms with Crippen molar-refractivity contribution in [2.24, 2.45) is 0 Å². The molecule has 6 nitrogen and oxygen atoms in total. The highest BCUT2D eigenvalue weighted by atomic mass is 35.5. The van der Waals surface area contributed by atoms with E-state index in [-0.39, 0.29) is 22.2 Å². The van der Waals surface area contributed by atoms with Gasteiger partial charge in [0.2, 0.25) is 0 Å². The minimum absolute atomic E-state index is 0.0191. The molecule has 0 bridgehead atoms. The van der Waals surface area contributed by atoms with Crippen molar-refractivity contribution in [3.05, 3.63) is 74.1 Å². The Morgan fingerprint density at radius 2 is 1.93 bits per heavy atom. The Bertz CT molecular complexity index is 1000. The van der Waals surface area contributed by atoms with Crippen LogP contribution < -0.4 is 5.32 Å². The van der Waals surface area contributed by atoms with Gasteiger partial charge in [0.15, 0.2) is 5.13 Å². The van der Waals surface area contributed by atoms with E-state index in [2.05, 4.69) is 24.1 Å². The summed E-state index contributed by atoms with van der Waals surface area (Å²) in [7, 11) is 0. The van der Waals surface area contributed by atoms with Gasteiger partial charge in [-0.2, -0.15) is 0 Å². The lowest BCUT2D eigenvalue weighted by molar-refractivity contribution is -0.384. The van der Waals surface area contributed by atoms with E-state index in [1.54, 1.807) is 0 Å². The second-order valence-electron chi connectivity index (χ2n) is 6.13. The van der Waals surface area contributed by atoms with Gasteiger partial charge < -0.3 is 0 Å². The molecular weight excluding hydrogens is 386 g/mol. The first-order valence-electron chi connectivity index (χ1n) is 8.18. The molecule has 27 heavy (non-hydrogen) atoms. The highest BCUT2D eigenvalue weighted by Gasteiger charge is 2.19. The number of carbonyl (C=O) groups excluding carboxylic acids is 1. The van der Waals surface area contributed by atoms with Crippen molar-refractivity contribution in [2.75, 3.05) is 5.32 Å². The first-order chi connectivity index (χ1) is 12.9. The number of anilines is 1. The van der Waals surface area contributed by atoms with Crippen LogP contribution in [-0.4, -0.2) is 15.8 Å². The lowest BCUT2D eigenvalue weighted by Crippen LogP contribution is -2.12. The maximum absolute atomic E-state index is 12.5. The maximum atomic E-state index is 12.5. The second kappa shape index (κ2) is 7.85. The zero-order valence-electron chi connectivity index (χ0n) is 14.6. The molecule has 8 heteroatoms. The molecule has 2 aromatic carbocycles. The van der Waals surface area contributed by atoms with E-state index in [0.717, 1.165) is 22.2 Å². The smallest absolute Gasteiger partial charge is 0.270 e. The number of hydrogen-bond acceptors (Lipinski definition) is 5. The van der Waals surface area contributed by atoms with Crippen LogP contribution in [0, 0.1) is 10.1 Å². The second-order valence-corrected chi connectivity index (χ2v) is 7.57. The number of benzene rings is 2. The zero-order valence-corrected chi connectivity index (χ0v) is 16.2. The summed E-state index contributed by atoms with van der Waals surface area (Å²) in [6.45, 7) is 4.14. The van der Waals surface area contributed by atoms with E-state index >= 15 is 0 Å². The number of nitrogens with one attached hydrogen (secondary N) is 1. The van der Waals surface area contributed by atoms with Gasteiger partial charge in [-0.15, -0.1) is 11.3 Å². The Hall–Kier alpha value is -2.77. The molecule has 0 aliphatic carbocycles. The van der Waals surface area contributed by atoms with Gasteiger partial charge in [0.1, 0.15) is 0 Å². The molecule has 0 atom stereocenters. The van der Waals surface area contributed by atoms with Crippen LogP contribution in [0.1, 0.15) is 35.0 Å². The van der Waals surface area contributed by atoms with E-state index in [4.69, 9.17) is 11.6 Å². The number of nitro groups is 1. The molecule has 1 N–H and O–H groups in total. The first-order valence-corrected chi connectivity index (χ1v) is 9.37. The summed E-state index contributed by atoms with van der Waals surface area (Å²) in [5.41, 5.74) is 1.80. The third kappa shape index (κ3) is 4.15. The summed E-state index contributed by atoms with van der Waals surface area (Å²) in [6, 6.07) is 13.5. The van der Waals surface area contributed by atoms with Crippen LogP contribution in [0.2, 0.25) is 5.02 Å². The quantitative estimate of drug-likeness (QED) is 0.435. The molecule has 0 saturated carbocycles. The van der Waals surface area contributed by atoms with Gasteiger partial charge in [0, 0.05) is 22.6 Å². The number of carbonyl (C=O) groups is 1. The number of rotatable bonds is 5. The van der Waals surface area contributed by atoms with E-state index in [9.17, 15) is 14.9 Å². The standard InChI is InChI=1S/C19H16ClN3O3S/c1-11(2)17-16(12-6-4-3-5-7-12)21-19(27-17)22-18(24)14-9-8-13(23(25)26)10-15(14)20/h3-11H,1-2H3,(H,21,22,24). The molecule has 0 radical (unpaired) electrons.